The van der Waals surface area contributed by atoms with Crippen LogP contribution in [0.4, 0.5) is 5.82 Å². The molecule has 0 aliphatic carbocycles. The number of nitrogen functional groups attached to an aromatic ring is 1. The number of anilines is 1. The van der Waals surface area contributed by atoms with E-state index in [1.165, 1.54) is 4.57 Å². The number of hydrogen-bond acceptors (Lipinski definition) is 7. The molecule has 3 rings (SSSR count). The molecule has 2 heterocycles. The van der Waals surface area contributed by atoms with Crippen molar-refractivity contribution in [3.63, 3.8) is 0 Å². The fourth-order valence-electron chi connectivity index (χ4n) is 2.67. The maximum Gasteiger partial charge on any atom is 0.203 e. The summed E-state index contributed by atoms with van der Waals surface area (Å²) in [6.45, 7) is -0.411. The van der Waals surface area contributed by atoms with Gasteiger partial charge in [-0.3, -0.25) is 4.57 Å². The smallest absolute Gasteiger partial charge is 0.203 e. The van der Waals surface area contributed by atoms with Gasteiger partial charge in [0.05, 0.1) is 6.61 Å². The highest BCUT2D eigenvalue weighted by molar-refractivity contribution is 7.71. The minimum Gasteiger partial charge on any atom is -0.394 e. The van der Waals surface area contributed by atoms with Gasteiger partial charge in [0, 0.05) is 11.8 Å². The lowest BCUT2D eigenvalue weighted by atomic mass is 10.1. The standard InChI is InChI=1S/C17H19N3O4S/c18-15-11(7-6-10-4-2-1-3-5-10)8-20(17(25)19-15)16-14(23)13(22)12(9-21)24-16/h1-8,12-14,16,21-23H,9H2,(H2,18,19,25)/b7-6+/t12-,13-,14-,16-/m1/s1. The monoisotopic (exact) mass is 361 g/mol. The average molecular weight is 361 g/mol. The van der Waals surface area contributed by atoms with E-state index in [1.54, 1.807) is 12.3 Å². The summed E-state index contributed by atoms with van der Waals surface area (Å²) in [6.07, 6.45) is 0.990. The molecular weight excluding hydrogens is 342 g/mol. The molecule has 7 nitrogen and oxygen atoms in total. The maximum atomic E-state index is 10.2. The number of rotatable bonds is 4. The SMILES string of the molecule is Nc1nc(=S)n([C@@H]2O[C@H](CO)[C@@H](O)[C@H]2O)cc1/C=C/c1ccccc1. The first-order valence-electron chi connectivity index (χ1n) is 7.75. The van der Waals surface area contributed by atoms with E-state index >= 15 is 0 Å². The third kappa shape index (κ3) is 3.63. The molecule has 8 heteroatoms. The molecule has 0 radical (unpaired) electrons. The van der Waals surface area contributed by atoms with Crippen LogP contribution in [-0.4, -0.2) is 49.8 Å². The van der Waals surface area contributed by atoms with E-state index in [0.29, 0.717) is 5.56 Å². The van der Waals surface area contributed by atoms with Gasteiger partial charge >= 0.3 is 0 Å². The molecule has 25 heavy (non-hydrogen) atoms. The highest BCUT2D eigenvalue weighted by atomic mass is 32.1. The van der Waals surface area contributed by atoms with Crippen LogP contribution in [0, 0.1) is 4.77 Å². The highest BCUT2D eigenvalue weighted by Crippen LogP contribution is 2.30. The van der Waals surface area contributed by atoms with Crippen molar-refractivity contribution >= 4 is 30.2 Å². The summed E-state index contributed by atoms with van der Waals surface area (Å²) in [5.41, 5.74) is 7.52. The number of nitrogens with zero attached hydrogens (tertiary/aromatic N) is 2. The Labute approximate surface area is 149 Å². The fraction of sp³-hybridized carbons (Fsp3) is 0.294. The topological polar surface area (TPSA) is 114 Å². The Morgan fingerprint density at radius 3 is 2.56 bits per heavy atom. The third-order valence-corrected chi connectivity index (χ3v) is 4.36. The van der Waals surface area contributed by atoms with Crippen molar-refractivity contribution in [3.8, 4) is 0 Å². The summed E-state index contributed by atoms with van der Waals surface area (Å²) in [6, 6.07) is 9.66. The van der Waals surface area contributed by atoms with E-state index < -0.39 is 31.1 Å². The van der Waals surface area contributed by atoms with Crippen LogP contribution < -0.4 is 5.73 Å². The summed E-state index contributed by atoms with van der Waals surface area (Å²) in [4.78, 5) is 4.11. The van der Waals surface area contributed by atoms with Crippen molar-refractivity contribution in [1.29, 1.82) is 0 Å². The Balaban J connectivity index is 1.94. The van der Waals surface area contributed by atoms with Gasteiger partial charge in [-0.25, -0.2) is 4.98 Å². The Morgan fingerprint density at radius 1 is 1.20 bits per heavy atom. The molecular formula is C17H19N3O4S. The quantitative estimate of drug-likeness (QED) is 0.600. The molecule has 132 valence electrons. The van der Waals surface area contributed by atoms with Crippen LogP contribution in [0.15, 0.2) is 36.5 Å². The minimum atomic E-state index is -1.24. The van der Waals surface area contributed by atoms with Crippen LogP contribution in [0.5, 0.6) is 0 Å². The molecule has 0 amide bonds. The third-order valence-electron chi connectivity index (χ3n) is 4.06. The van der Waals surface area contributed by atoms with Gasteiger partial charge < -0.3 is 25.8 Å². The molecule has 1 aliphatic heterocycles. The molecule has 1 saturated heterocycles. The fourth-order valence-corrected chi connectivity index (χ4v) is 2.92. The largest absolute Gasteiger partial charge is 0.394 e. The van der Waals surface area contributed by atoms with Crippen LogP contribution in [0.3, 0.4) is 0 Å². The van der Waals surface area contributed by atoms with Gasteiger partial charge in [-0.05, 0) is 23.9 Å². The Morgan fingerprint density at radius 2 is 1.92 bits per heavy atom. The lowest BCUT2D eigenvalue weighted by Crippen LogP contribution is -2.33. The molecule has 0 spiro atoms. The molecule has 1 aromatic carbocycles. The van der Waals surface area contributed by atoms with Gasteiger partial charge in [0.1, 0.15) is 24.1 Å². The first-order chi connectivity index (χ1) is 12.0. The van der Waals surface area contributed by atoms with E-state index in [-0.39, 0.29) is 10.6 Å². The van der Waals surface area contributed by atoms with Crippen molar-refractivity contribution in [2.45, 2.75) is 24.5 Å². The number of hydrogen-bond donors (Lipinski definition) is 4. The second-order valence-corrected chi connectivity index (χ2v) is 6.11. The van der Waals surface area contributed by atoms with Crippen molar-refractivity contribution in [3.05, 3.63) is 52.4 Å². The van der Waals surface area contributed by atoms with Gasteiger partial charge in [-0.15, -0.1) is 0 Å². The molecule has 4 atom stereocenters. The van der Waals surface area contributed by atoms with E-state index in [4.69, 9.17) is 22.7 Å². The number of aliphatic hydroxyl groups excluding tert-OH is 3. The zero-order valence-electron chi connectivity index (χ0n) is 13.3. The van der Waals surface area contributed by atoms with Crippen LogP contribution in [0.2, 0.25) is 0 Å². The molecule has 1 aliphatic rings. The van der Waals surface area contributed by atoms with E-state index in [2.05, 4.69) is 4.98 Å². The zero-order chi connectivity index (χ0) is 18.0. The van der Waals surface area contributed by atoms with E-state index in [0.717, 1.165) is 5.56 Å². The number of nitrogens with two attached hydrogens (primary N) is 1. The molecule has 5 N–H and O–H groups in total. The molecule has 1 aromatic heterocycles. The Bertz CT molecular complexity index is 824. The molecule has 2 aromatic rings. The average Bonchev–Trinajstić information content (AvgIpc) is 2.90. The second kappa shape index (κ2) is 7.42. The number of aliphatic hydroxyl groups is 3. The van der Waals surface area contributed by atoms with E-state index in [9.17, 15) is 15.3 Å². The molecule has 0 saturated carbocycles. The summed E-state index contributed by atoms with van der Waals surface area (Å²) in [5.74, 6) is 0.250. The van der Waals surface area contributed by atoms with Crippen molar-refractivity contribution in [2.75, 3.05) is 12.3 Å². The summed E-state index contributed by atoms with van der Waals surface area (Å²) >= 11 is 5.19. The predicted octanol–water partition coefficient (Wildman–Crippen LogP) is 0.977. The number of ether oxygens (including phenoxy) is 1. The van der Waals surface area contributed by atoms with Gasteiger partial charge in [0.15, 0.2) is 6.23 Å². The zero-order valence-corrected chi connectivity index (χ0v) is 14.1. The predicted molar refractivity (Wildman–Crippen MR) is 95.9 cm³/mol. The number of benzene rings is 1. The van der Waals surface area contributed by atoms with Crippen LogP contribution in [0.25, 0.3) is 12.2 Å². The Kier molecular flexibility index (Phi) is 5.26. The van der Waals surface area contributed by atoms with Crippen LogP contribution in [-0.2, 0) is 4.74 Å². The first-order valence-corrected chi connectivity index (χ1v) is 8.16. The summed E-state index contributed by atoms with van der Waals surface area (Å²) in [5, 5.41) is 29.3. The van der Waals surface area contributed by atoms with E-state index in [1.807, 2.05) is 36.4 Å². The van der Waals surface area contributed by atoms with Gasteiger partial charge in [0.2, 0.25) is 4.77 Å². The highest BCUT2D eigenvalue weighted by Gasteiger charge is 2.43. The summed E-state index contributed by atoms with van der Waals surface area (Å²) < 4.78 is 7.05. The Hall–Kier alpha value is -2.10. The molecule has 1 fully saturated rings. The first kappa shape index (κ1) is 17.7. The lowest BCUT2D eigenvalue weighted by molar-refractivity contribution is -0.0540. The van der Waals surface area contributed by atoms with Gasteiger partial charge in [0.25, 0.3) is 0 Å². The minimum absolute atomic E-state index is 0.115. The van der Waals surface area contributed by atoms with Crippen molar-refractivity contribution < 1.29 is 20.1 Å². The maximum absolute atomic E-state index is 10.2. The lowest BCUT2D eigenvalue weighted by Gasteiger charge is -2.19. The van der Waals surface area contributed by atoms with Crippen LogP contribution >= 0.6 is 12.2 Å². The van der Waals surface area contributed by atoms with Crippen molar-refractivity contribution in [2.24, 2.45) is 0 Å². The van der Waals surface area contributed by atoms with Gasteiger partial charge in [-0.2, -0.15) is 0 Å². The van der Waals surface area contributed by atoms with Gasteiger partial charge in [-0.1, -0.05) is 36.4 Å². The molecule has 0 unspecified atom stereocenters. The molecule has 0 bridgehead atoms. The van der Waals surface area contributed by atoms with Crippen molar-refractivity contribution in [1.82, 2.24) is 9.55 Å². The summed E-state index contributed by atoms with van der Waals surface area (Å²) in [7, 11) is 0. The second-order valence-electron chi connectivity index (χ2n) is 5.74. The normalized spacial score (nSPS) is 26.4. The number of aromatic nitrogens is 2. The van der Waals surface area contributed by atoms with Crippen LogP contribution in [0.1, 0.15) is 17.4 Å².